The van der Waals surface area contributed by atoms with Gasteiger partial charge in [-0.2, -0.15) is 0 Å². The number of carbonyl (C=O) groups is 2. The monoisotopic (exact) mass is 370 g/mol. The quantitative estimate of drug-likeness (QED) is 0.647. The number of nitrogens with zero attached hydrogens (tertiary/aromatic N) is 1. The molecule has 7 heteroatoms. The molecule has 1 N–H and O–H groups in total. The van der Waals surface area contributed by atoms with Gasteiger partial charge in [0.2, 0.25) is 0 Å². The van der Waals surface area contributed by atoms with Gasteiger partial charge in [0.15, 0.2) is 6.61 Å². The molecule has 2 aromatic carbocycles. The van der Waals surface area contributed by atoms with Gasteiger partial charge in [0, 0.05) is 6.54 Å². The van der Waals surface area contributed by atoms with E-state index in [9.17, 15) is 9.59 Å². The topological polar surface area (TPSA) is 77.5 Å². The molecule has 0 radical (unpaired) electrons. The lowest BCUT2D eigenvalue weighted by Crippen LogP contribution is -2.30. The van der Waals surface area contributed by atoms with Crippen molar-refractivity contribution in [3.05, 3.63) is 59.1 Å². The largest absolute Gasteiger partial charge is 0.496 e. The lowest BCUT2D eigenvalue weighted by molar-refractivity contribution is -0.124. The number of carbonyl (C=O) groups excluding carboxylic acids is 2. The Kier molecular flexibility index (Phi) is 5.80. The molecular weight excluding hydrogens is 352 g/mol. The molecule has 1 aromatic heterocycles. The van der Waals surface area contributed by atoms with Crippen molar-refractivity contribution in [3.8, 4) is 5.75 Å². The fraction of sp³-hybridized carbons (Fsp3) is 0.211. The van der Waals surface area contributed by atoms with E-state index in [1.54, 1.807) is 30.8 Å². The molecule has 0 aliphatic rings. The van der Waals surface area contributed by atoms with Crippen LogP contribution in [0.25, 0.3) is 10.2 Å². The standard InChI is InChI=1S/C19H18N2O4S/c1-24-16-5-3-2-4-13(16)8-9-20-18(22)11-25-19(23)14-6-7-15-17(10-14)26-12-21-15/h2-7,10,12H,8-9,11H2,1H3,(H,20,22). The summed E-state index contributed by atoms with van der Waals surface area (Å²) in [7, 11) is 1.61. The molecule has 1 amide bonds. The average Bonchev–Trinajstić information content (AvgIpc) is 3.14. The molecule has 26 heavy (non-hydrogen) atoms. The maximum Gasteiger partial charge on any atom is 0.338 e. The second kappa shape index (κ2) is 8.44. The zero-order chi connectivity index (χ0) is 18.4. The van der Waals surface area contributed by atoms with Gasteiger partial charge in [-0.25, -0.2) is 9.78 Å². The van der Waals surface area contributed by atoms with E-state index in [0.717, 1.165) is 21.5 Å². The first-order valence-corrected chi connectivity index (χ1v) is 8.94. The SMILES string of the molecule is COc1ccccc1CCNC(=O)COC(=O)c1ccc2ncsc2c1. The number of benzene rings is 2. The van der Waals surface area contributed by atoms with Gasteiger partial charge in [-0.3, -0.25) is 4.79 Å². The molecule has 3 rings (SSSR count). The smallest absolute Gasteiger partial charge is 0.338 e. The van der Waals surface area contributed by atoms with Gasteiger partial charge in [0.1, 0.15) is 5.75 Å². The minimum absolute atomic E-state index is 0.314. The Morgan fingerprint density at radius 3 is 2.88 bits per heavy atom. The van der Waals surface area contributed by atoms with E-state index in [4.69, 9.17) is 9.47 Å². The van der Waals surface area contributed by atoms with Crippen LogP contribution in [0.5, 0.6) is 5.75 Å². The minimum atomic E-state index is -0.528. The molecule has 0 spiro atoms. The summed E-state index contributed by atoms with van der Waals surface area (Å²) in [4.78, 5) is 28.1. The third-order valence-corrected chi connectivity index (χ3v) is 4.60. The number of amides is 1. The highest BCUT2D eigenvalue weighted by Crippen LogP contribution is 2.19. The summed E-state index contributed by atoms with van der Waals surface area (Å²) in [5, 5.41) is 2.74. The lowest BCUT2D eigenvalue weighted by Gasteiger charge is -2.09. The first-order valence-electron chi connectivity index (χ1n) is 8.06. The van der Waals surface area contributed by atoms with Crippen molar-refractivity contribution >= 4 is 33.4 Å². The summed E-state index contributed by atoms with van der Waals surface area (Å²) < 4.78 is 11.2. The van der Waals surface area contributed by atoms with Crippen LogP contribution in [0.4, 0.5) is 0 Å². The fourth-order valence-corrected chi connectivity index (χ4v) is 3.21. The number of thiazole rings is 1. The van der Waals surface area contributed by atoms with Crippen molar-refractivity contribution in [2.75, 3.05) is 20.3 Å². The third kappa shape index (κ3) is 4.37. The molecule has 6 nitrogen and oxygen atoms in total. The molecule has 0 bridgehead atoms. The Morgan fingerprint density at radius 1 is 1.19 bits per heavy atom. The van der Waals surface area contributed by atoms with Crippen LogP contribution in [-0.4, -0.2) is 37.1 Å². The summed E-state index contributed by atoms with van der Waals surface area (Å²) in [5.74, 6) is -0.0843. The normalized spacial score (nSPS) is 10.5. The molecule has 0 aliphatic carbocycles. The Labute approximate surface area is 154 Å². The van der Waals surface area contributed by atoms with E-state index < -0.39 is 5.97 Å². The van der Waals surface area contributed by atoms with E-state index in [0.29, 0.717) is 18.5 Å². The number of aromatic nitrogens is 1. The summed E-state index contributed by atoms with van der Waals surface area (Å²) in [6.45, 7) is 0.120. The van der Waals surface area contributed by atoms with E-state index in [1.807, 2.05) is 24.3 Å². The number of methoxy groups -OCH3 is 1. The second-order valence-electron chi connectivity index (χ2n) is 5.52. The number of para-hydroxylation sites is 1. The van der Waals surface area contributed by atoms with Crippen molar-refractivity contribution in [2.45, 2.75) is 6.42 Å². The molecule has 0 unspecified atom stereocenters. The lowest BCUT2D eigenvalue weighted by atomic mass is 10.1. The Morgan fingerprint density at radius 2 is 2.04 bits per heavy atom. The first-order chi connectivity index (χ1) is 12.7. The van der Waals surface area contributed by atoms with Crippen LogP contribution in [0.2, 0.25) is 0 Å². The zero-order valence-electron chi connectivity index (χ0n) is 14.2. The predicted molar refractivity (Wildman–Crippen MR) is 99.6 cm³/mol. The highest BCUT2D eigenvalue weighted by atomic mass is 32.1. The maximum absolute atomic E-state index is 12.1. The third-order valence-electron chi connectivity index (χ3n) is 3.81. The van der Waals surface area contributed by atoms with Gasteiger partial charge in [0.25, 0.3) is 5.91 Å². The van der Waals surface area contributed by atoms with Crippen molar-refractivity contribution in [3.63, 3.8) is 0 Å². The summed E-state index contributed by atoms with van der Waals surface area (Å²) >= 11 is 1.45. The van der Waals surface area contributed by atoms with Gasteiger partial charge in [0.05, 0.1) is 28.4 Å². The molecule has 0 fully saturated rings. The second-order valence-corrected chi connectivity index (χ2v) is 6.41. The Hall–Kier alpha value is -2.93. The molecule has 0 saturated carbocycles. The molecule has 0 atom stereocenters. The number of esters is 1. The summed E-state index contributed by atoms with van der Waals surface area (Å²) in [5.41, 5.74) is 3.96. The number of nitrogens with one attached hydrogen (secondary N) is 1. The number of hydrogen-bond donors (Lipinski definition) is 1. The van der Waals surface area contributed by atoms with E-state index in [1.165, 1.54) is 11.3 Å². The highest BCUT2D eigenvalue weighted by molar-refractivity contribution is 7.16. The van der Waals surface area contributed by atoms with Crippen molar-refractivity contribution in [1.82, 2.24) is 10.3 Å². The van der Waals surface area contributed by atoms with E-state index >= 15 is 0 Å². The fourth-order valence-electron chi connectivity index (χ4n) is 2.49. The number of ether oxygens (including phenoxy) is 2. The summed E-state index contributed by atoms with van der Waals surface area (Å²) in [6.07, 6.45) is 0.631. The number of fused-ring (bicyclic) bond motifs is 1. The molecular formula is C19H18N2O4S. The van der Waals surface area contributed by atoms with Crippen LogP contribution in [0.15, 0.2) is 48.0 Å². The molecule has 134 valence electrons. The van der Waals surface area contributed by atoms with Crippen molar-refractivity contribution < 1.29 is 19.1 Å². The van der Waals surface area contributed by atoms with Gasteiger partial charge in [-0.1, -0.05) is 18.2 Å². The first kappa shape index (κ1) is 17.9. The van der Waals surface area contributed by atoms with Crippen molar-refractivity contribution in [1.29, 1.82) is 0 Å². The van der Waals surface area contributed by atoms with Crippen LogP contribution in [0.3, 0.4) is 0 Å². The Bertz CT molecular complexity index is 923. The van der Waals surface area contributed by atoms with Crippen LogP contribution in [0.1, 0.15) is 15.9 Å². The maximum atomic E-state index is 12.1. The van der Waals surface area contributed by atoms with E-state index in [-0.39, 0.29) is 12.5 Å². The predicted octanol–water partition coefficient (Wildman–Crippen LogP) is 2.82. The molecule has 1 heterocycles. The van der Waals surface area contributed by atoms with Gasteiger partial charge >= 0.3 is 5.97 Å². The number of hydrogen-bond acceptors (Lipinski definition) is 6. The van der Waals surface area contributed by atoms with Crippen LogP contribution in [0, 0.1) is 0 Å². The molecule has 0 saturated heterocycles. The zero-order valence-corrected chi connectivity index (χ0v) is 15.0. The van der Waals surface area contributed by atoms with E-state index in [2.05, 4.69) is 10.3 Å². The van der Waals surface area contributed by atoms with Crippen LogP contribution in [-0.2, 0) is 16.0 Å². The summed E-state index contributed by atoms with van der Waals surface area (Å²) in [6, 6.07) is 12.7. The van der Waals surface area contributed by atoms with Gasteiger partial charge in [-0.05, 0) is 36.2 Å². The highest BCUT2D eigenvalue weighted by Gasteiger charge is 2.11. The van der Waals surface area contributed by atoms with Crippen LogP contribution >= 0.6 is 11.3 Å². The van der Waals surface area contributed by atoms with Crippen LogP contribution < -0.4 is 10.1 Å². The average molecular weight is 370 g/mol. The molecule has 0 aliphatic heterocycles. The molecule has 3 aromatic rings. The number of rotatable bonds is 7. The Balaban J connectivity index is 1.45. The minimum Gasteiger partial charge on any atom is -0.496 e. The van der Waals surface area contributed by atoms with Gasteiger partial charge < -0.3 is 14.8 Å². The van der Waals surface area contributed by atoms with Gasteiger partial charge in [-0.15, -0.1) is 11.3 Å². The van der Waals surface area contributed by atoms with Crippen molar-refractivity contribution in [2.24, 2.45) is 0 Å².